The van der Waals surface area contributed by atoms with Gasteiger partial charge in [-0.3, -0.25) is 14.9 Å². The molecule has 1 aromatic carbocycles. The van der Waals surface area contributed by atoms with Crippen molar-refractivity contribution in [1.29, 1.82) is 0 Å². The number of nitrogens with zero attached hydrogens (tertiary/aromatic N) is 2. The molecule has 2 unspecified atom stereocenters. The van der Waals surface area contributed by atoms with E-state index in [1.807, 2.05) is 4.90 Å². The summed E-state index contributed by atoms with van der Waals surface area (Å²) in [5.74, 6) is 0.582. The first-order valence-electron chi connectivity index (χ1n) is 7.24. The molecule has 2 N–H and O–H groups in total. The Balaban J connectivity index is 2.06. The Bertz CT molecular complexity index is 533. The van der Waals surface area contributed by atoms with Crippen LogP contribution in [0, 0.1) is 16.0 Å². The molecule has 0 bridgehead atoms. The van der Waals surface area contributed by atoms with Gasteiger partial charge in [0.2, 0.25) is 5.91 Å². The van der Waals surface area contributed by atoms with E-state index in [1.54, 1.807) is 12.1 Å². The van der Waals surface area contributed by atoms with Crippen molar-refractivity contribution in [3.05, 3.63) is 39.9 Å². The van der Waals surface area contributed by atoms with E-state index in [1.165, 1.54) is 12.1 Å². The number of benzene rings is 1. The second kappa shape index (κ2) is 6.67. The third-order valence-electron chi connectivity index (χ3n) is 4.05. The van der Waals surface area contributed by atoms with Crippen LogP contribution < -0.4 is 5.73 Å². The molecule has 0 saturated carbocycles. The number of likely N-dealkylation sites (tertiary alicyclic amines) is 1. The van der Waals surface area contributed by atoms with E-state index in [0.717, 1.165) is 19.4 Å². The van der Waals surface area contributed by atoms with Gasteiger partial charge in [-0.05, 0) is 24.3 Å². The number of carbonyl (C=O) groups excluding carboxylic acids is 1. The first-order valence-corrected chi connectivity index (χ1v) is 7.24. The fraction of sp³-hybridized carbons (Fsp3) is 0.533. The van der Waals surface area contributed by atoms with E-state index >= 15 is 0 Å². The van der Waals surface area contributed by atoms with Crippen LogP contribution in [0.2, 0.25) is 0 Å². The molecule has 1 amide bonds. The minimum absolute atomic E-state index is 0.00199. The number of nitro groups is 1. The predicted molar refractivity (Wildman–Crippen MR) is 79.8 cm³/mol. The monoisotopic (exact) mass is 291 g/mol. The number of hydrogen-bond acceptors (Lipinski definition) is 4. The zero-order chi connectivity index (χ0) is 15.4. The van der Waals surface area contributed by atoms with Crippen molar-refractivity contribution in [2.45, 2.75) is 32.2 Å². The summed E-state index contributed by atoms with van der Waals surface area (Å²) >= 11 is 0. The SMILES string of the molecule is CC1CCN(C(=O)Cc2cccc([N+](=O)[O-])c2)C(CN)C1. The molecule has 1 aliphatic rings. The van der Waals surface area contributed by atoms with Crippen LogP contribution in [-0.4, -0.2) is 34.9 Å². The Hall–Kier alpha value is -1.95. The summed E-state index contributed by atoms with van der Waals surface area (Å²) in [6.45, 7) is 3.35. The van der Waals surface area contributed by atoms with Gasteiger partial charge in [0.25, 0.3) is 5.69 Å². The van der Waals surface area contributed by atoms with E-state index in [0.29, 0.717) is 18.0 Å². The molecule has 1 aliphatic heterocycles. The average Bonchev–Trinajstić information content (AvgIpc) is 2.47. The number of non-ortho nitro benzene ring substituents is 1. The molecule has 1 fully saturated rings. The van der Waals surface area contributed by atoms with Crippen molar-refractivity contribution >= 4 is 11.6 Å². The van der Waals surface area contributed by atoms with E-state index in [2.05, 4.69) is 6.92 Å². The second-order valence-electron chi connectivity index (χ2n) is 5.71. The van der Waals surface area contributed by atoms with Crippen LogP contribution in [0.5, 0.6) is 0 Å². The lowest BCUT2D eigenvalue weighted by atomic mass is 9.92. The number of rotatable bonds is 4. The van der Waals surface area contributed by atoms with Gasteiger partial charge in [-0.1, -0.05) is 19.1 Å². The molecule has 2 atom stereocenters. The molecule has 1 saturated heterocycles. The zero-order valence-electron chi connectivity index (χ0n) is 12.2. The summed E-state index contributed by atoms with van der Waals surface area (Å²) in [5, 5.41) is 10.8. The highest BCUT2D eigenvalue weighted by molar-refractivity contribution is 5.79. The Kier molecular flexibility index (Phi) is 4.90. The Morgan fingerprint density at radius 2 is 2.29 bits per heavy atom. The van der Waals surface area contributed by atoms with Crippen molar-refractivity contribution in [1.82, 2.24) is 4.90 Å². The van der Waals surface area contributed by atoms with Crippen LogP contribution in [0.15, 0.2) is 24.3 Å². The topological polar surface area (TPSA) is 89.5 Å². The van der Waals surface area contributed by atoms with Crippen LogP contribution in [-0.2, 0) is 11.2 Å². The molecule has 6 heteroatoms. The van der Waals surface area contributed by atoms with E-state index < -0.39 is 4.92 Å². The van der Waals surface area contributed by atoms with Gasteiger partial charge < -0.3 is 10.6 Å². The highest BCUT2D eigenvalue weighted by atomic mass is 16.6. The van der Waals surface area contributed by atoms with Gasteiger partial charge in [0.15, 0.2) is 0 Å². The molecule has 0 aliphatic carbocycles. The van der Waals surface area contributed by atoms with Crippen LogP contribution in [0.4, 0.5) is 5.69 Å². The van der Waals surface area contributed by atoms with Crippen molar-refractivity contribution in [2.75, 3.05) is 13.1 Å². The first-order chi connectivity index (χ1) is 10.0. The molecule has 0 radical (unpaired) electrons. The Morgan fingerprint density at radius 1 is 1.52 bits per heavy atom. The molecule has 1 heterocycles. The summed E-state index contributed by atoms with van der Waals surface area (Å²) in [5.41, 5.74) is 6.45. The third-order valence-corrected chi connectivity index (χ3v) is 4.05. The summed E-state index contributed by atoms with van der Waals surface area (Å²) in [6, 6.07) is 6.33. The number of hydrogen-bond donors (Lipinski definition) is 1. The maximum atomic E-state index is 12.4. The number of amides is 1. The standard InChI is InChI=1S/C15H21N3O3/c1-11-5-6-17(14(7-11)10-16)15(19)9-12-3-2-4-13(8-12)18(20)21/h2-4,8,11,14H,5-7,9-10,16H2,1H3. The van der Waals surface area contributed by atoms with Crippen LogP contribution in [0.3, 0.4) is 0 Å². The molecule has 0 aromatic heterocycles. The fourth-order valence-corrected chi connectivity index (χ4v) is 2.86. The molecule has 114 valence electrons. The third kappa shape index (κ3) is 3.78. The van der Waals surface area contributed by atoms with Gasteiger partial charge in [-0.25, -0.2) is 0 Å². The predicted octanol–water partition coefficient (Wildman–Crippen LogP) is 1.72. The van der Waals surface area contributed by atoms with Crippen LogP contribution >= 0.6 is 0 Å². The van der Waals surface area contributed by atoms with Gasteiger partial charge >= 0.3 is 0 Å². The maximum Gasteiger partial charge on any atom is 0.269 e. The minimum atomic E-state index is -0.445. The van der Waals surface area contributed by atoms with Crippen molar-refractivity contribution < 1.29 is 9.72 Å². The Morgan fingerprint density at radius 3 is 2.95 bits per heavy atom. The highest BCUT2D eigenvalue weighted by Crippen LogP contribution is 2.23. The van der Waals surface area contributed by atoms with Crippen molar-refractivity contribution in [2.24, 2.45) is 11.7 Å². The lowest BCUT2D eigenvalue weighted by molar-refractivity contribution is -0.384. The molecular weight excluding hydrogens is 270 g/mol. The van der Waals surface area contributed by atoms with Crippen LogP contribution in [0.1, 0.15) is 25.3 Å². The Labute approximate surface area is 124 Å². The summed E-state index contributed by atoms with van der Waals surface area (Å²) in [7, 11) is 0. The summed E-state index contributed by atoms with van der Waals surface area (Å²) in [4.78, 5) is 24.6. The van der Waals surface area contributed by atoms with Crippen molar-refractivity contribution in [3.63, 3.8) is 0 Å². The maximum absolute atomic E-state index is 12.4. The first kappa shape index (κ1) is 15.4. The molecule has 1 aromatic rings. The fourth-order valence-electron chi connectivity index (χ4n) is 2.86. The van der Waals surface area contributed by atoms with Crippen LogP contribution in [0.25, 0.3) is 0 Å². The summed E-state index contributed by atoms with van der Waals surface area (Å²) in [6.07, 6.45) is 2.10. The molecular formula is C15H21N3O3. The quantitative estimate of drug-likeness (QED) is 0.675. The van der Waals surface area contributed by atoms with Gasteiger partial charge in [-0.15, -0.1) is 0 Å². The van der Waals surface area contributed by atoms with E-state index in [4.69, 9.17) is 5.73 Å². The minimum Gasteiger partial charge on any atom is -0.338 e. The smallest absolute Gasteiger partial charge is 0.269 e. The zero-order valence-corrected chi connectivity index (χ0v) is 12.2. The van der Waals surface area contributed by atoms with Gasteiger partial charge in [0, 0.05) is 31.3 Å². The molecule has 21 heavy (non-hydrogen) atoms. The number of nitro benzene ring substituents is 1. The average molecular weight is 291 g/mol. The number of nitrogens with two attached hydrogens (primary N) is 1. The number of carbonyl (C=O) groups is 1. The molecule has 0 spiro atoms. The lowest BCUT2D eigenvalue weighted by Gasteiger charge is -2.38. The van der Waals surface area contributed by atoms with Gasteiger partial charge in [0.05, 0.1) is 11.3 Å². The van der Waals surface area contributed by atoms with E-state index in [-0.39, 0.29) is 24.1 Å². The summed E-state index contributed by atoms with van der Waals surface area (Å²) < 4.78 is 0. The second-order valence-corrected chi connectivity index (χ2v) is 5.71. The highest BCUT2D eigenvalue weighted by Gasteiger charge is 2.28. The molecule has 2 rings (SSSR count). The number of piperidine rings is 1. The normalized spacial score (nSPS) is 22.1. The van der Waals surface area contributed by atoms with Gasteiger partial charge in [-0.2, -0.15) is 0 Å². The largest absolute Gasteiger partial charge is 0.338 e. The van der Waals surface area contributed by atoms with E-state index in [9.17, 15) is 14.9 Å². The van der Waals surface area contributed by atoms with Gasteiger partial charge in [0.1, 0.15) is 0 Å². The van der Waals surface area contributed by atoms with Crippen molar-refractivity contribution in [3.8, 4) is 0 Å². The molecule has 6 nitrogen and oxygen atoms in total. The lowest BCUT2D eigenvalue weighted by Crippen LogP contribution is -2.49.